The standard InChI is InChI=1S/3C3H8O.Sn.H/c3*1-3(2)4;;/h3*3-4H,1-2H3;;. The zero-order valence-electron chi connectivity index (χ0n) is 9.65. The zero-order valence-corrected chi connectivity index (χ0v) is 12.9. The van der Waals surface area contributed by atoms with Crippen LogP contribution in [-0.4, -0.2) is 57.5 Å². The van der Waals surface area contributed by atoms with Crippen molar-refractivity contribution >= 4 is 23.9 Å². The van der Waals surface area contributed by atoms with Crippen LogP contribution in [0.4, 0.5) is 0 Å². The summed E-state index contributed by atoms with van der Waals surface area (Å²) in [5.41, 5.74) is 0. The molecule has 3 N–H and O–H groups in total. The molecule has 4 heteroatoms. The van der Waals surface area contributed by atoms with Crippen molar-refractivity contribution in [2.75, 3.05) is 0 Å². The Hall–Kier alpha value is 0.679. The van der Waals surface area contributed by atoms with Gasteiger partial charge in [-0.2, -0.15) is 0 Å². The summed E-state index contributed by atoms with van der Waals surface area (Å²) in [5, 5.41) is 24.2. The molecule has 0 spiro atoms. The minimum atomic E-state index is -0.167. The molecule has 83 valence electrons. The molecule has 0 aromatic rings. The van der Waals surface area contributed by atoms with E-state index in [0.29, 0.717) is 0 Å². The van der Waals surface area contributed by atoms with Gasteiger partial charge in [-0.05, 0) is 41.5 Å². The number of hydrogen-bond acceptors (Lipinski definition) is 3. The molecule has 0 atom stereocenters. The molecule has 0 heterocycles. The third-order valence-corrected chi connectivity index (χ3v) is 0. The molecule has 0 aliphatic carbocycles. The van der Waals surface area contributed by atoms with Gasteiger partial charge in [-0.15, -0.1) is 0 Å². The van der Waals surface area contributed by atoms with E-state index in [1.54, 1.807) is 41.5 Å². The first-order valence-electron chi connectivity index (χ1n) is 4.24. The van der Waals surface area contributed by atoms with Gasteiger partial charge >= 0.3 is 23.9 Å². The Balaban J connectivity index is -0.0000000450. The Bertz CT molecular complexity index is 43.4. The Morgan fingerprint density at radius 2 is 0.538 bits per heavy atom. The molecule has 0 unspecified atom stereocenters. The molecule has 3 nitrogen and oxygen atoms in total. The van der Waals surface area contributed by atoms with Gasteiger partial charge in [0, 0.05) is 18.3 Å². The predicted octanol–water partition coefficient (Wildman–Crippen LogP) is 0.513. The second-order valence-corrected chi connectivity index (χ2v) is 3.28. The second-order valence-electron chi connectivity index (χ2n) is 3.28. The quantitative estimate of drug-likeness (QED) is 0.571. The van der Waals surface area contributed by atoms with E-state index in [4.69, 9.17) is 15.3 Å². The fourth-order valence-corrected chi connectivity index (χ4v) is 0. The average molecular weight is 300 g/mol. The van der Waals surface area contributed by atoms with Gasteiger partial charge < -0.3 is 15.3 Å². The van der Waals surface area contributed by atoms with Gasteiger partial charge in [-0.25, -0.2) is 0 Å². The number of hydrogen-bond donors (Lipinski definition) is 3. The van der Waals surface area contributed by atoms with Crippen LogP contribution < -0.4 is 0 Å². The van der Waals surface area contributed by atoms with E-state index in [-0.39, 0.29) is 42.2 Å². The number of aliphatic hydroxyl groups excluding tert-OH is 3. The first-order valence-corrected chi connectivity index (χ1v) is 4.24. The molecule has 3 radical (unpaired) electrons. The summed E-state index contributed by atoms with van der Waals surface area (Å²) in [6.07, 6.45) is -0.500. The Labute approximate surface area is 99.1 Å². The molecule has 0 saturated heterocycles. The van der Waals surface area contributed by atoms with Crippen LogP contribution in [0.2, 0.25) is 0 Å². The van der Waals surface area contributed by atoms with Gasteiger partial charge in [-0.1, -0.05) is 0 Å². The molecule has 0 aliphatic heterocycles. The van der Waals surface area contributed by atoms with E-state index in [1.807, 2.05) is 0 Å². The minimum absolute atomic E-state index is 0. The second kappa shape index (κ2) is 18.5. The van der Waals surface area contributed by atoms with E-state index in [2.05, 4.69) is 0 Å². The van der Waals surface area contributed by atoms with Crippen molar-refractivity contribution in [2.45, 2.75) is 59.9 Å². The first kappa shape index (κ1) is 23.5. The van der Waals surface area contributed by atoms with E-state index in [9.17, 15) is 0 Å². The summed E-state index contributed by atoms with van der Waals surface area (Å²) in [5.74, 6) is 0. The predicted molar refractivity (Wildman–Crippen MR) is 59.2 cm³/mol. The Kier molecular flexibility index (Phi) is 33.3. The van der Waals surface area contributed by atoms with Crippen molar-refractivity contribution in [3.8, 4) is 0 Å². The van der Waals surface area contributed by atoms with Gasteiger partial charge in [0.05, 0.1) is 0 Å². The Morgan fingerprint density at radius 1 is 0.538 bits per heavy atom. The summed E-state index contributed by atoms with van der Waals surface area (Å²) < 4.78 is 0. The van der Waals surface area contributed by atoms with Crippen molar-refractivity contribution in [1.82, 2.24) is 0 Å². The van der Waals surface area contributed by atoms with Gasteiger partial charge in [-0.3, -0.25) is 0 Å². The molecule has 0 aromatic heterocycles. The van der Waals surface area contributed by atoms with E-state index < -0.39 is 0 Å². The molecule has 0 aromatic carbocycles. The van der Waals surface area contributed by atoms with E-state index in [0.717, 1.165) is 0 Å². The summed E-state index contributed by atoms with van der Waals surface area (Å²) in [6, 6.07) is 0. The molecule has 0 aliphatic rings. The van der Waals surface area contributed by atoms with E-state index in [1.165, 1.54) is 0 Å². The van der Waals surface area contributed by atoms with Crippen molar-refractivity contribution < 1.29 is 15.3 Å². The van der Waals surface area contributed by atoms with Crippen LogP contribution in [-0.2, 0) is 0 Å². The van der Waals surface area contributed by atoms with E-state index >= 15 is 0 Å². The first-order chi connectivity index (χ1) is 5.20. The molecule has 0 saturated carbocycles. The normalized spacial score (nSPS) is 8.31. The van der Waals surface area contributed by atoms with Crippen LogP contribution >= 0.6 is 0 Å². The third-order valence-electron chi connectivity index (χ3n) is 0. The average Bonchev–Trinajstić information content (AvgIpc) is 1.54. The monoisotopic (exact) mass is 301 g/mol. The fourth-order valence-electron chi connectivity index (χ4n) is 0. The zero-order chi connectivity index (χ0) is 10.7. The van der Waals surface area contributed by atoms with Crippen molar-refractivity contribution in [3.05, 3.63) is 0 Å². The molecular weight excluding hydrogens is 275 g/mol. The summed E-state index contributed by atoms with van der Waals surface area (Å²) in [7, 11) is 0. The topological polar surface area (TPSA) is 60.7 Å². The van der Waals surface area contributed by atoms with Crippen LogP contribution in [0, 0.1) is 0 Å². The summed E-state index contributed by atoms with van der Waals surface area (Å²) >= 11 is 0. The maximum absolute atomic E-state index is 8.06. The molecule has 0 fully saturated rings. The van der Waals surface area contributed by atoms with Gasteiger partial charge in [0.1, 0.15) is 0 Å². The van der Waals surface area contributed by atoms with Crippen LogP contribution in [0.15, 0.2) is 0 Å². The molecule has 0 amide bonds. The van der Waals surface area contributed by atoms with Gasteiger partial charge in [0.25, 0.3) is 0 Å². The summed E-state index contributed by atoms with van der Waals surface area (Å²) in [4.78, 5) is 0. The molecule has 0 bridgehead atoms. The van der Waals surface area contributed by atoms with Crippen LogP contribution in [0.5, 0.6) is 0 Å². The van der Waals surface area contributed by atoms with Crippen molar-refractivity contribution in [2.24, 2.45) is 0 Å². The SMILES string of the molecule is CC(C)O.CC(C)O.CC(C)O.[SnH]. The fraction of sp³-hybridized carbons (Fsp3) is 1.00. The van der Waals surface area contributed by atoms with Crippen molar-refractivity contribution in [3.63, 3.8) is 0 Å². The van der Waals surface area contributed by atoms with Crippen LogP contribution in [0.3, 0.4) is 0 Å². The van der Waals surface area contributed by atoms with Gasteiger partial charge in [0.2, 0.25) is 0 Å². The number of rotatable bonds is 0. The van der Waals surface area contributed by atoms with Gasteiger partial charge in [0.15, 0.2) is 0 Å². The third kappa shape index (κ3) is 3140. The summed E-state index contributed by atoms with van der Waals surface area (Å²) in [6.45, 7) is 10.3. The van der Waals surface area contributed by atoms with Crippen molar-refractivity contribution in [1.29, 1.82) is 0 Å². The maximum atomic E-state index is 8.06. The number of aliphatic hydroxyl groups is 3. The molecule has 0 rings (SSSR count). The van der Waals surface area contributed by atoms with Crippen LogP contribution in [0.1, 0.15) is 41.5 Å². The Morgan fingerprint density at radius 3 is 0.538 bits per heavy atom. The molecule has 13 heavy (non-hydrogen) atoms. The van der Waals surface area contributed by atoms with Crippen LogP contribution in [0.25, 0.3) is 0 Å². The molecular formula is C9H25O3Sn.